The minimum absolute atomic E-state index is 0.0702. The van der Waals surface area contributed by atoms with Gasteiger partial charge in [-0.15, -0.1) is 11.6 Å². The Kier molecular flexibility index (Phi) is 5.20. The van der Waals surface area contributed by atoms with Crippen LogP contribution >= 0.6 is 11.6 Å². The molecule has 1 heterocycles. The summed E-state index contributed by atoms with van der Waals surface area (Å²) in [5.41, 5.74) is 2.90. The summed E-state index contributed by atoms with van der Waals surface area (Å²) in [6.45, 7) is 4.83. The van der Waals surface area contributed by atoms with Gasteiger partial charge in [0.05, 0.1) is 23.5 Å². The molecule has 0 aliphatic rings. The minimum atomic E-state index is -0.373. The van der Waals surface area contributed by atoms with Crippen LogP contribution in [0.1, 0.15) is 24.4 Å². The number of aromatic nitrogens is 2. The maximum absolute atomic E-state index is 12.3. The highest BCUT2D eigenvalue weighted by atomic mass is 35.5. The van der Waals surface area contributed by atoms with Crippen molar-refractivity contribution in [3.05, 3.63) is 29.6 Å². The molecule has 0 saturated carbocycles. The number of para-hydroxylation sites is 1. The van der Waals surface area contributed by atoms with E-state index in [1.54, 1.807) is 7.11 Å². The molecule has 0 aliphatic carbocycles. The van der Waals surface area contributed by atoms with Crippen molar-refractivity contribution in [2.75, 3.05) is 20.3 Å². The third-order valence-electron chi connectivity index (χ3n) is 3.49. The second kappa shape index (κ2) is 6.91. The molecule has 0 saturated heterocycles. The maximum atomic E-state index is 12.3. The summed E-state index contributed by atoms with van der Waals surface area (Å²) in [5, 5.41) is 2.85. The van der Waals surface area contributed by atoms with E-state index in [0.717, 1.165) is 16.6 Å². The molecule has 0 radical (unpaired) electrons. The van der Waals surface area contributed by atoms with Crippen LogP contribution in [-0.2, 0) is 15.4 Å². The van der Waals surface area contributed by atoms with Crippen molar-refractivity contribution >= 4 is 28.5 Å². The molecule has 0 bridgehead atoms. The van der Waals surface area contributed by atoms with E-state index in [4.69, 9.17) is 16.3 Å². The van der Waals surface area contributed by atoms with Gasteiger partial charge in [-0.2, -0.15) is 0 Å². The smallest absolute Gasteiger partial charge is 0.242 e. The quantitative estimate of drug-likeness (QED) is 0.658. The molecule has 6 heteroatoms. The topological polar surface area (TPSA) is 56.1 Å². The SMILES string of the molecule is COCCNC(=O)C(C)n1c(CCl)nc2c(C)cccc21. The van der Waals surface area contributed by atoms with Crippen LogP contribution in [0, 0.1) is 6.92 Å². The lowest BCUT2D eigenvalue weighted by molar-refractivity contribution is -0.124. The van der Waals surface area contributed by atoms with Gasteiger partial charge in [-0.1, -0.05) is 12.1 Å². The van der Waals surface area contributed by atoms with E-state index in [-0.39, 0.29) is 17.8 Å². The van der Waals surface area contributed by atoms with Crippen LogP contribution in [0.2, 0.25) is 0 Å². The first-order valence-electron chi connectivity index (χ1n) is 6.89. The number of halogens is 1. The maximum Gasteiger partial charge on any atom is 0.242 e. The first-order valence-corrected chi connectivity index (χ1v) is 7.42. The van der Waals surface area contributed by atoms with Crippen LogP contribution in [0.15, 0.2) is 18.2 Å². The van der Waals surface area contributed by atoms with Crippen molar-refractivity contribution in [2.45, 2.75) is 25.8 Å². The van der Waals surface area contributed by atoms with Crippen LogP contribution < -0.4 is 5.32 Å². The van der Waals surface area contributed by atoms with Crippen LogP contribution in [0.3, 0.4) is 0 Å². The number of imidazole rings is 1. The molecule has 1 amide bonds. The lowest BCUT2D eigenvalue weighted by Crippen LogP contribution is -2.33. The number of nitrogens with zero attached hydrogens (tertiary/aromatic N) is 2. The Morgan fingerprint density at radius 2 is 2.29 bits per heavy atom. The predicted molar refractivity (Wildman–Crippen MR) is 83.6 cm³/mol. The number of fused-ring (bicyclic) bond motifs is 1. The van der Waals surface area contributed by atoms with E-state index in [1.807, 2.05) is 36.6 Å². The van der Waals surface area contributed by atoms with Crippen molar-refractivity contribution in [3.8, 4) is 0 Å². The summed E-state index contributed by atoms with van der Waals surface area (Å²) >= 11 is 6.00. The molecule has 114 valence electrons. The van der Waals surface area contributed by atoms with Crippen molar-refractivity contribution in [1.82, 2.24) is 14.9 Å². The highest BCUT2D eigenvalue weighted by molar-refractivity contribution is 6.17. The Morgan fingerprint density at radius 1 is 1.52 bits per heavy atom. The molecule has 1 N–H and O–H groups in total. The van der Waals surface area contributed by atoms with Gasteiger partial charge in [-0.05, 0) is 25.5 Å². The molecule has 0 aliphatic heterocycles. The number of alkyl halides is 1. The van der Waals surface area contributed by atoms with E-state index in [0.29, 0.717) is 19.0 Å². The third kappa shape index (κ3) is 3.19. The lowest BCUT2D eigenvalue weighted by Gasteiger charge is -2.16. The number of benzene rings is 1. The number of hydrogen-bond acceptors (Lipinski definition) is 3. The first-order chi connectivity index (χ1) is 10.1. The summed E-state index contributed by atoms with van der Waals surface area (Å²) in [6, 6.07) is 5.55. The molecule has 1 aromatic heterocycles. The van der Waals surface area contributed by atoms with Crippen LogP contribution in [0.25, 0.3) is 11.0 Å². The summed E-state index contributed by atoms with van der Waals surface area (Å²) in [5.74, 6) is 0.902. The Labute approximate surface area is 129 Å². The fourth-order valence-electron chi connectivity index (χ4n) is 2.37. The molecule has 0 spiro atoms. The summed E-state index contributed by atoms with van der Waals surface area (Å²) in [7, 11) is 1.60. The van der Waals surface area contributed by atoms with Gasteiger partial charge < -0.3 is 14.6 Å². The number of nitrogens with one attached hydrogen (secondary N) is 1. The Morgan fingerprint density at radius 3 is 2.95 bits per heavy atom. The van der Waals surface area contributed by atoms with Gasteiger partial charge in [0.1, 0.15) is 11.9 Å². The largest absolute Gasteiger partial charge is 0.383 e. The third-order valence-corrected chi connectivity index (χ3v) is 3.73. The van der Waals surface area contributed by atoms with Crippen molar-refractivity contribution < 1.29 is 9.53 Å². The van der Waals surface area contributed by atoms with Gasteiger partial charge >= 0.3 is 0 Å². The molecule has 0 fully saturated rings. The standard InChI is InChI=1S/C15H20ClN3O2/c1-10-5-4-6-12-14(10)18-13(9-16)19(12)11(2)15(20)17-7-8-21-3/h4-6,11H,7-9H2,1-3H3,(H,17,20). The van der Waals surface area contributed by atoms with Crippen molar-refractivity contribution in [2.24, 2.45) is 0 Å². The number of ether oxygens (including phenoxy) is 1. The van der Waals surface area contributed by atoms with Gasteiger partial charge in [-0.3, -0.25) is 4.79 Å². The number of carbonyl (C=O) groups excluding carboxylic acids is 1. The highest BCUT2D eigenvalue weighted by Crippen LogP contribution is 2.24. The zero-order chi connectivity index (χ0) is 15.4. The Balaban J connectivity index is 2.35. The van der Waals surface area contributed by atoms with Gasteiger partial charge in [0, 0.05) is 13.7 Å². The van der Waals surface area contributed by atoms with Gasteiger partial charge in [0.15, 0.2) is 0 Å². The number of amides is 1. The van der Waals surface area contributed by atoms with E-state index in [9.17, 15) is 4.79 Å². The van der Waals surface area contributed by atoms with Gasteiger partial charge in [0.2, 0.25) is 5.91 Å². The normalized spacial score (nSPS) is 12.6. The number of carbonyl (C=O) groups is 1. The van der Waals surface area contributed by atoms with Gasteiger partial charge in [0.25, 0.3) is 0 Å². The number of aryl methyl sites for hydroxylation is 1. The molecule has 1 aromatic carbocycles. The number of rotatable bonds is 6. The average molecular weight is 310 g/mol. The summed E-state index contributed by atoms with van der Waals surface area (Å²) in [4.78, 5) is 16.8. The van der Waals surface area contributed by atoms with Crippen LogP contribution in [0.5, 0.6) is 0 Å². The molecular weight excluding hydrogens is 290 g/mol. The minimum Gasteiger partial charge on any atom is -0.383 e. The van der Waals surface area contributed by atoms with E-state index in [1.165, 1.54) is 0 Å². The fraction of sp³-hybridized carbons (Fsp3) is 0.467. The Hall–Kier alpha value is -1.59. The molecule has 1 atom stereocenters. The summed E-state index contributed by atoms with van der Waals surface area (Å²) in [6.07, 6.45) is 0. The zero-order valence-corrected chi connectivity index (χ0v) is 13.3. The number of hydrogen-bond donors (Lipinski definition) is 1. The molecule has 2 rings (SSSR count). The molecule has 2 aromatic rings. The van der Waals surface area contributed by atoms with Crippen molar-refractivity contribution in [1.29, 1.82) is 0 Å². The molecule has 21 heavy (non-hydrogen) atoms. The van der Waals surface area contributed by atoms with Gasteiger partial charge in [-0.25, -0.2) is 4.98 Å². The summed E-state index contributed by atoms with van der Waals surface area (Å²) < 4.78 is 6.84. The first kappa shape index (κ1) is 15.8. The predicted octanol–water partition coefficient (Wildman–Crippen LogP) is 2.41. The van der Waals surface area contributed by atoms with Crippen LogP contribution in [0.4, 0.5) is 0 Å². The zero-order valence-electron chi connectivity index (χ0n) is 12.5. The second-order valence-corrected chi connectivity index (χ2v) is 5.20. The average Bonchev–Trinajstić information content (AvgIpc) is 2.86. The monoisotopic (exact) mass is 309 g/mol. The van der Waals surface area contributed by atoms with Crippen LogP contribution in [-0.4, -0.2) is 35.7 Å². The highest BCUT2D eigenvalue weighted by Gasteiger charge is 2.21. The Bertz CT molecular complexity index is 639. The van der Waals surface area contributed by atoms with E-state index >= 15 is 0 Å². The molecule has 1 unspecified atom stereocenters. The second-order valence-electron chi connectivity index (χ2n) is 4.93. The molecule has 5 nitrogen and oxygen atoms in total. The fourth-order valence-corrected chi connectivity index (χ4v) is 2.56. The van der Waals surface area contributed by atoms with E-state index in [2.05, 4.69) is 10.3 Å². The lowest BCUT2D eigenvalue weighted by atomic mass is 10.2. The number of methoxy groups -OCH3 is 1. The molecular formula is C15H20ClN3O2. The van der Waals surface area contributed by atoms with Crippen molar-refractivity contribution in [3.63, 3.8) is 0 Å². The van der Waals surface area contributed by atoms with E-state index < -0.39 is 0 Å².